The standard InChI is InChI=1S/C28H23N5O5/c1-35-21-11-8-17(12-23(21)36-2)14-30-37-15-24-31-27-26-25(18-6-4-3-5-7-18)20-10-9-19(34)13-22(20)38-28(26)29-16-33(27)32-24/h3-14,16,25,34H,15H2,1-2H3/b30-14+. The number of ether oxygens (including phenoxy) is 3. The average molecular weight is 510 g/mol. The minimum atomic E-state index is -0.215. The van der Waals surface area contributed by atoms with E-state index < -0.39 is 0 Å². The number of aromatic nitrogens is 4. The number of oxime groups is 1. The van der Waals surface area contributed by atoms with Crippen molar-refractivity contribution < 1.29 is 24.2 Å². The van der Waals surface area contributed by atoms with E-state index in [9.17, 15) is 5.11 Å². The fourth-order valence-corrected chi connectivity index (χ4v) is 4.53. The minimum absolute atomic E-state index is 0.0571. The Kier molecular flexibility index (Phi) is 5.97. The maximum Gasteiger partial charge on any atom is 0.228 e. The summed E-state index contributed by atoms with van der Waals surface area (Å²) in [5, 5.41) is 18.6. The fraction of sp³-hybridized carbons (Fsp3) is 0.143. The molecule has 6 rings (SSSR count). The fourth-order valence-electron chi connectivity index (χ4n) is 4.53. The molecule has 5 aromatic rings. The number of nitrogens with zero attached hydrogens (tertiary/aromatic N) is 5. The second-order valence-electron chi connectivity index (χ2n) is 8.55. The molecule has 10 nitrogen and oxygen atoms in total. The van der Waals surface area contributed by atoms with Gasteiger partial charge in [0, 0.05) is 23.1 Å². The van der Waals surface area contributed by atoms with Crippen LogP contribution in [0.4, 0.5) is 0 Å². The Morgan fingerprint density at radius 3 is 2.68 bits per heavy atom. The highest BCUT2D eigenvalue weighted by Gasteiger charge is 2.33. The van der Waals surface area contributed by atoms with Crippen LogP contribution >= 0.6 is 0 Å². The van der Waals surface area contributed by atoms with Crippen molar-refractivity contribution >= 4 is 11.9 Å². The molecule has 3 heterocycles. The molecule has 0 aliphatic carbocycles. The lowest BCUT2D eigenvalue weighted by Crippen LogP contribution is -2.14. The van der Waals surface area contributed by atoms with Crippen LogP contribution in [0.5, 0.6) is 28.9 Å². The average Bonchev–Trinajstić information content (AvgIpc) is 3.37. The van der Waals surface area contributed by atoms with Crippen molar-refractivity contribution in [2.24, 2.45) is 5.16 Å². The van der Waals surface area contributed by atoms with Crippen LogP contribution in [0.25, 0.3) is 5.65 Å². The van der Waals surface area contributed by atoms with Gasteiger partial charge in [0.05, 0.1) is 26.0 Å². The summed E-state index contributed by atoms with van der Waals surface area (Å²) in [6.07, 6.45) is 3.13. The molecule has 1 aliphatic heterocycles. The molecular weight excluding hydrogens is 486 g/mol. The molecule has 2 aromatic heterocycles. The van der Waals surface area contributed by atoms with Crippen molar-refractivity contribution in [3.05, 3.63) is 101 Å². The Morgan fingerprint density at radius 2 is 1.87 bits per heavy atom. The minimum Gasteiger partial charge on any atom is -0.508 e. The molecule has 0 amide bonds. The van der Waals surface area contributed by atoms with E-state index in [4.69, 9.17) is 24.0 Å². The van der Waals surface area contributed by atoms with Crippen molar-refractivity contribution in [1.82, 2.24) is 19.6 Å². The van der Waals surface area contributed by atoms with Crippen LogP contribution < -0.4 is 14.2 Å². The van der Waals surface area contributed by atoms with Crippen molar-refractivity contribution in [2.75, 3.05) is 14.2 Å². The molecule has 1 atom stereocenters. The largest absolute Gasteiger partial charge is 0.508 e. The van der Waals surface area contributed by atoms with Gasteiger partial charge in [-0.2, -0.15) is 0 Å². The van der Waals surface area contributed by atoms with E-state index in [1.165, 1.54) is 0 Å². The van der Waals surface area contributed by atoms with Gasteiger partial charge in [-0.1, -0.05) is 41.6 Å². The van der Waals surface area contributed by atoms with Crippen LogP contribution in [0.2, 0.25) is 0 Å². The normalized spacial score (nSPS) is 14.1. The molecule has 10 heteroatoms. The number of benzene rings is 3. The summed E-state index contributed by atoms with van der Waals surface area (Å²) in [6, 6.07) is 20.6. The number of phenols is 1. The number of aromatic hydroxyl groups is 1. The molecular formula is C28H23N5O5. The zero-order valence-electron chi connectivity index (χ0n) is 20.6. The molecule has 3 aromatic carbocycles. The highest BCUT2D eigenvalue weighted by molar-refractivity contribution is 5.80. The summed E-state index contributed by atoms with van der Waals surface area (Å²) in [6.45, 7) is 0.0571. The zero-order valence-corrected chi connectivity index (χ0v) is 20.6. The molecule has 1 aliphatic rings. The molecule has 0 saturated carbocycles. The molecule has 38 heavy (non-hydrogen) atoms. The number of methoxy groups -OCH3 is 2. The molecule has 0 fully saturated rings. The molecule has 0 spiro atoms. The summed E-state index contributed by atoms with van der Waals surface area (Å²) in [4.78, 5) is 14.7. The first-order chi connectivity index (χ1) is 18.6. The predicted octanol–water partition coefficient (Wildman–Crippen LogP) is 4.68. The van der Waals surface area contributed by atoms with Crippen LogP contribution in [-0.2, 0) is 11.4 Å². The maximum absolute atomic E-state index is 10.0. The van der Waals surface area contributed by atoms with Crippen LogP contribution in [0.1, 0.15) is 34.0 Å². The van der Waals surface area contributed by atoms with Crippen molar-refractivity contribution in [3.63, 3.8) is 0 Å². The van der Waals surface area contributed by atoms with Crippen LogP contribution in [-0.4, -0.2) is 45.1 Å². The summed E-state index contributed by atoms with van der Waals surface area (Å²) in [5.41, 5.74) is 4.11. The van der Waals surface area contributed by atoms with Gasteiger partial charge < -0.3 is 24.2 Å². The number of fused-ring (bicyclic) bond motifs is 4. The van der Waals surface area contributed by atoms with Gasteiger partial charge in [0.15, 0.2) is 29.6 Å². The lowest BCUT2D eigenvalue weighted by atomic mass is 9.84. The second kappa shape index (κ2) is 9.74. The van der Waals surface area contributed by atoms with Gasteiger partial charge in [0.1, 0.15) is 17.8 Å². The molecule has 0 saturated heterocycles. The molecule has 1 N–H and O–H groups in total. The van der Waals surface area contributed by atoms with E-state index in [1.54, 1.807) is 55.5 Å². The summed E-state index contributed by atoms with van der Waals surface area (Å²) < 4.78 is 18.3. The van der Waals surface area contributed by atoms with Gasteiger partial charge in [0.2, 0.25) is 5.88 Å². The SMILES string of the molecule is COc1ccc(/C=N/OCc2nc3c4c(ncn3n2)Oc2cc(O)ccc2C4c2ccccc2)cc1OC. The third kappa shape index (κ3) is 4.21. The number of hydrogen-bond donors (Lipinski definition) is 1. The first-order valence-corrected chi connectivity index (χ1v) is 11.8. The summed E-state index contributed by atoms with van der Waals surface area (Å²) in [5.74, 6) is 2.54. The van der Waals surface area contributed by atoms with Gasteiger partial charge in [-0.15, -0.1) is 5.10 Å². The van der Waals surface area contributed by atoms with Gasteiger partial charge in [-0.05, 0) is 29.8 Å². The lowest BCUT2D eigenvalue weighted by Gasteiger charge is -2.27. The first-order valence-electron chi connectivity index (χ1n) is 11.8. The smallest absolute Gasteiger partial charge is 0.228 e. The quantitative estimate of drug-likeness (QED) is 0.244. The molecule has 1 unspecified atom stereocenters. The first kappa shape index (κ1) is 23.3. The third-order valence-electron chi connectivity index (χ3n) is 6.24. The molecule has 0 radical (unpaired) electrons. The second-order valence-corrected chi connectivity index (χ2v) is 8.55. The monoisotopic (exact) mass is 509 g/mol. The van der Waals surface area contributed by atoms with E-state index in [2.05, 4.69) is 15.2 Å². The Hall–Kier alpha value is -5.12. The van der Waals surface area contributed by atoms with Crippen molar-refractivity contribution in [1.29, 1.82) is 0 Å². The number of hydrogen-bond acceptors (Lipinski definition) is 9. The summed E-state index contributed by atoms with van der Waals surface area (Å²) >= 11 is 0. The van der Waals surface area contributed by atoms with Gasteiger partial charge in [-0.25, -0.2) is 14.5 Å². The zero-order chi connectivity index (χ0) is 26.1. The Labute approximate surface area is 217 Å². The molecule has 190 valence electrons. The van der Waals surface area contributed by atoms with Gasteiger partial charge in [-0.3, -0.25) is 0 Å². The van der Waals surface area contributed by atoms with Crippen LogP contribution in [0.15, 0.2) is 78.2 Å². The van der Waals surface area contributed by atoms with E-state index in [1.807, 2.05) is 42.5 Å². The summed E-state index contributed by atoms with van der Waals surface area (Å²) in [7, 11) is 3.16. The van der Waals surface area contributed by atoms with Gasteiger partial charge >= 0.3 is 0 Å². The Bertz CT molecular complexity index is 1650. The van der Waals surface area contributed by atoms with Crippen molar-refractivity contribution in [3.8, 4) is 28.9 Å². The van der Waals surface area contributed by atoms with Crippen LogP contribution in [0.3, 0.4) is 0 Å². The van der Waals surface area contributed by atoms with Gasteiger partial charge in [0.25, 0.3) is 0 Å². The number of phenolic OH excluding ortho intramolecular Hbond substituents is 1. The third-order valence-corrected chi connectivity index (χ3v) is 6.24. The lowest BCUT2D eigenvalue weighted by molar-refractivity contribution is 0.126. The maximum atomic E-state index is 10.0. The topological polar surface area (TPSA) is 113 Å². The Morgan fingerprint density at radius 1 is 1.03 bits per heavy atom. The van der Waals surface area contributed by atoms with E-state index in [-0.39, 0.29) is 18.3 Å². The van der Waals surface area contributed by atoms with E-state index in [0.717, 1.165) is 22.3 Å². The predicted molar refractivity (Wildman–Crippen MR) is 138 cm³/mol. The van der Waals surface area contributed by atoms with Crippen molar-refractivity contribution in [2.45, 2.75) is 12.5 Å². The highest BCUT2D eigenvalue weighted by Crippen LogP contribution is 2.48. The van der Waals surface area contributed by atoms with E-state index in [0.29, 0.717) is 34.6 Å². The van der Waals surface area contributed by atoms with Crippen LogP contribution in [0, 0.1) is 0 Å². The highest BCUT2D eigenvalue weighted by atomic mass is 16.6. The number of rotatable bonds is 7. The Balaban J connectivity index is 1.30. The molecule has 0 bridgehead atoms. The van der Waals surface area contributed by atoms with E-state index >= 15 is 0 Å².